The molecule has 2 heterocycles. The first-order chi connectivity index (χ1) is 13.8. The predicted octanol–water partition coefficient (Wildman–Crippen LogP) is 3.19. The summed E-state index contributed by atoms with van der Waals surface area (Å²) in [4.78, 5) is 20.3. The number of pyridine rings is 1. The largest absolute Gasteiger partial charge is 0.461 e. The minimum absolute atomic E-state index is 0.0428. The maximum Gasteiger partial charge on any atom is 0.288 e. The highest BCUT2D eigenvalue weighted by atomic mass is 19.1. The van der Waals surface area contributed by atoms with E-state index in [9.17, 15) is 18.0 Å². The van der Waals surface area contributed by atoms with E-state index in [1.807, 2.05) is 0 Å². The van der Waals surface area contributed by atoms with Crippen LogP contribution < -0.4 is 15.8 Å². The van der Waals surface area contributed by atoms with Crippen LogP contribution in [0, 0.1) is 5.82 Å². The molecule has 0 bridgehead atoms. The van der Waals surface area contributed by atoms with Crippen molar-refractivity contribution in [1.82, 2.24) is 4.98 Å². The molecule has 29 heavy (non-hydrogen) atoms. The van der Waals surface area contributed by atoms with Gasteiger partial charge in [0.25, 0.3) is 11.9 Å². The standard InChI is InChI=1S/C19H17F3N4O3/c1-19(7-13(8-20)29-18(23)26-19)14-6-11(2-4-15(14)22)25-17(27)16-5-3-12(9-24-16)28-10-21/h2-7,9H,8,10H2,1H3,(H2,23,26)(H,25,27)/t19-/m0/s1. The highest BCUT2D eigenvalue weighted by Gasteiger charge is 2.32. The van der Waals surface area contributed by atoms with Crippen LogP contribution in [0.2, 0.25) is 0 Å². The highest BCUT2D eigenvalue weighted by Crippen LogP contribution is 2.35. The van der Waals surface area contributed by atoms with Gasteiger partial charge in [-0.2, -0.15) is 0 Å². The van der Waals surface area contributed by atoms with Crippen LogP contribution in [0.15, 0.2) is 53.4 Å². The van der Waals surface area contributed by atoms with Crippen LogP contribution in [-0.2, 0) is 10.3 Å². The molecule has 0 fully saturated rings. The number of amidine groups is 1. The van der Waals surface area contributed by atoms with Crippen molar-refractivity contribution >= 4 is 17.6 Å². The fourth-order valence-electron chi connectivity index (χ4n) is 2.81. The average Bonchev–Trinajstić information content (AvgIpc) is 2.69. The Hall–Kier alpha value is -3.56. The zero-order valence-electron chi connectivity index (χ0n) is 15.3. The Morgan fingerprint density at radius 2 is 2.10 bits per heavy atom. The number of nitrogens with zero attached hydrogens (tertiary/aromatic N) is 2. The molecule has 2 aromatic rings. The first kappa shape index (κ1) is 20.2. The van der Waals surface area contributed by atoms with Crippen LogP contribution in [0.5, 0.6) is 5.75 Å². The molecular formula is C19H17F3N4O3. The van der Waals surface area contributed by atoms with E-state index in [0.29, 0.717) is 0 Å². The molecule has 0 unspecified atom stereocenters. The number of rotatable bonds is 6. The molecule has 1 amide bonds. The van der Waals surface area contributed by atoms with E-state index in [0.717, 1.165) is 6.07 Å². The number of amides is 1. The molecule has 3 rings (SSSR count). The van der Waals surface area contributed by atoms with E-state index in [1.165, 1.54) is 43.5 Å². The summed E-state index contributed by atoms with van der Waals surface area (Å²) in [6.07, 6.45) is 2.52. The summed E-state index contributed by atoms with van der Waals surface area (Å²) < 4.78 is 49.2. The quantitative estimate of drug-likeness (QED) is 0.768. The van der Waals surface area contributed by atoms with E-state index in [-0.39, 0.29) is 34.5 Å². The third-order valence-electron chi connectivity index (χ3n) is 4.11. The van der Waals surface area contributed by atoms with Crippen molar-refractivity contribution in [2.75, 3.05) is 18.9 Å². The summed E-state index contributed by atoms with van der Waals surface area (Å²) in [5.41, 5.74) is 4.62. The summed E-state index contributed by atoms with van der Waals surface area (Å²) in [5.74, 6) is -1.11. The lowest BCUT2D eigenvalue weighted by molar-refractivity contribution is 0.102. The van der Waals surface area contributed by atoms with Crippen molar-refractivity contribution in [3.8, 4) is 5.75 Å². The van der Waals surface area contributed by atoms with E-state index in [4.69, 9.17) is 10.5 Å². The maximum absolute atomic E-state index is 14.5. The number of benzene rings is 1. The number of aliphatic imine (C=N–C) groups is 1. The molecule has 0 aliphatic carbocycles. The molecule has 0 saturated heterocycles. The number of allylic oxidation sites excluding steroid dienone is 1. The Morgan fingerprint density at radius 3 is 2.76 bits per heavy atom. The molecule has 1 aliphatic rings. The summed E-state index contributed by atoms with van der Waals surface area (Å²) in [5, 5.41) is 2.58. The predicted molar refractivity (Wildman–Crippen MR) is 99.3 cm³/mol. The number of aromatic nitrogens is 1. The molecule has 1 atom stereocenters. The van der Waals surface area contributed by atoms with Crippen LogP contribution in [0.25, 0.3) is 0 Å². The number of nitrogens with two attached hydrogens (primary N) is 1. The molecule has 1 aliphatic heterocycles. The molecule has 10 heteroatoms. The number of hydrogen-bond donors (Lipinski definition) is 2. The van der Waals surface area contributed by atoms with Gasteiger partial charge in [0.05, 0.1) is 6.20 Å². The molecule has 1 aromatic heterocycles. The van der Waals surface area contributed by atoms with Gasteiger partial charge in [-0.3, -0.25) is 4.79 Å². The summed E-state index contributed by atoms with van der Waals surface area (Å²) in [6.45, 7) is -0.411. The molecule has 0 radical (unpaired) electrons. The summed E-state index contributed by atoms with van der Waals surface area (Å²) >= 11 is 0. The van der Waals surface area contributed by atoms with Crippen LogP contribution in [0.1, 0.15) is 23.0 Å². The van der Waals surface area contributed by atoms with Gasteiger partial charge in [0.2, 0.25) is 6.86 Å². The van der Waals surface area contributed by atoms with Crippen molar-refractivity contribution in [1.29, 1.82) is 0 Å². The van der Waals surface area contributed by atoms with Crippen LogP contribution >= 0.6 is 0 Å². The highest BCUT2D eigenvalue weighted by molar-refractivity contribution is 6.02. The number of carbonyl (C=O) groups is 1. The molecule has 1 aromatic carbocycles. The Bertz CT molecular complexity index is 979. The fourth-order valence-corrected chi connectivity index (χ4v) is 2.81. The number of carbonyl (C=O) groups excluding carboxylic acids is 1. The number of nitrogens with one attached hydrogen (secondary N) is 1. The minimum atomic E-state index is -1.32. The van der Waals surface area contributed by atoms with Gasteiger partial charge in [0, 0.05) is 11.3 Å². The van der Waals surface area contributed by atoms with Crippen molar-refractivity contribution in [2.24, 2.45) is 10.7 Å². The van der Waals surface area contributed by atoms with Gasteiger partial charge in [-0.15, -0.1) is 0 Å². The zero-order chi connectivity index (χ0) is 21.0. The Labute approximate surface area is 164 Å². The van der Waals surface area contributed by atoms with Gasteiger partial charge < -0.3 is 20.5 Å². The smallest absolute Gasteiger partial charge is 0.288 e. The third kappa shape index (κ3) is 4.48. The zero-order valence-corrected chi connectivity index (χ0v) is 15.3. The normalized spacial score (nSPS) is 18.3. The second-order valence-electron chi connectivity index (χ2n) is 6.23. The van der Waals surface area contributed by atoms with Gasteiger partial charge in [-0.05, 0) is 43.3 Å². The first-order valence-electron chi connectivity index (χ1n) is 8.41. The van der Waals surface area contributed by atoms with Gasteiger partial charge >= 0.3 is 0 Å². The van der Waals surface area contributed by atoms with Gasteiger partial charge in [-0.1, -0.05) is 0 Å². The second-order valence-corrected chi connectivity index (χ2v) is 6.23. The summed E-state index contributed by atoms with van der Waals surface area (Å²) in [6, 6.07) is 6.31. The van der Waals surface area contributed by atoms with Gasteiger partial charge in [-0.25, -0.2) is 23.1 Å². The van der Waals surface area contributed by atoms with Gasteiger partial charge in [0.15, 0.2) is 0 Å². The molecular weight excluding hydrogens is 389 g/mol. The monoisotopic (exact) mass is 406 g/mol. The fraction of sp³-hybridized carbons (Fsp3) is 0.211. The average molecular weight is 406 g/mol. The SMILES string of the molecule is C[C@@]1(c2cc(NC(=O)c3ccc(OCF)cn3)ccc2F)C=C(CF)OC(N)=N1. The van der Waals surface area contributed by atoms with E-state index >= 15 is 0 Å². The molecule has 3 N–H and O–H groups in total. The molecule has 0 saturated carbocycles. The number of alkyl halides is 2. The van der Waals surface area contributed by atoms with Crippen molar-refractivity contribution < 1.29 is 27.4 Å². The number of anilines is 1. The first-order valence-corrected chi connectivity index (χ1v) is 8.41. The third-order valence-corrected chi connectivity index (χ3v) is 4.11. The Morgan fingerprint density at radius 1 is 1.31 bits per heavy atom. The van der Waals surface area contributed by atoms with Crippen molar-refractivity contribution in [3.05, 3.63) is 65.4 Å². The van der Waals surface area contributed by atoms with Gasteiger partial charge in [0.1, 0.15) is 35.2 Å². The summed E-state index contributed by atoms with van der Waals surface area (Å²) in [7, 11) is 0. The van der Waals surface area contributed by atoms with Crippen LogP contribution in [0.3, 0.4) is 0 Å². The second kappa shape index (κ2) is 8.21. The number of ether oxygens (including phenoxy) is 2. The minimum Gasteiger partial charge on any atom is -0.461 e. The van der Waals surface area contributed by atoms with E-state index in [2.05, 4.69) is 20.0 Å². The lowest BCUT2D eigenvalue weighted by atomic mass is 9.90. The molecule has 7 nitrogen and oxygen atoms in total. The lowest BCUT2D eigenvalue weighted by Crippen LogP contribution is -2.31. The number of hydrogen-bond acceptors (Lipinski definition) is 6. The van der Waals surface area contributed by atoms with Crippen LogP contribution in [-0.4, -0.2) is 30.4 Å². The lowest BCUT2D eigenvalue weighted by Gasteiger charge is -2.28. The van der Waals surface area contributed by atoms with E-state index < -0.39 is 30.8 Å². The topological polar surface area (TPSA) is 98.8 Å². The maximum atomic E-state index is 14.5. The van der Waals surface area contributed by atoms with Crippen molar-refractivity contribution in [3.63, 3.8) is 0 Å². The molecule has 0 spiro atoms. The van der Waals surface area contributed by atoms with E-state index in [1.54, 1.807) is 0 Å². The van der Waals surface area contributed by atoms with Crippen molar-refractivity contribution in [2.45, 2.75) is 12.5 Å². The molecule has 152 valence electrons. The Balaban J connectivity index is 1.86. The Kier molecular flexibility index (Phi) is 5.71. The van der Waals surface area contributed by atoms with Crippen LogP contribution in [0.4, 0.5) is 18.9 Å². The number of halogens is 3.